The van der Waals surface area contributed by atoms with Crippen molar-refractivity contribution in [2.45, 2.75) is 12.8 Å². The first-order chi connectivity index (χ1) is 8.00. The van der Waals surface area contributed by atoms with Gasteiger partial charge in [-0.1, -0.05) is 0 Å². The van der Waals surface area contributed by atoms with E-state index < -0.39 is 5.97 Å². The van der Waals surface area contributed by atoms with E-state index >= 15 is 0 Å². The maximum Gasteiger partial charge on any atom is 0.313 e. The van der Waals surface area contributed by atoms with E-state index in [0.717, 1.165) is 11.8 Å². The van der Waals surface area contributed by atoms with Gasteiger partial charge >= 0.3 is 5.97 Å². The van der Waals surface area contributed by atoms with E-state index in [9.17, 15) is 14.4 Å². The maximum absolute atomic E-state index is 11.7. The molecule has 0 aromatic rings. The molecule has 1 fully saturated rings. The van der Waals surface area contributed by atoms with Crippen molar-refractivity contribution < 1.29 is 19.5 Å². The minimum atomic E-state index is -0.921. The average Bonchev–Trinajstić information content (AvgIpc) is 2.28. The Morgan fingerprint density at radius 2 is 1.82 bits per heavy atom. The Hall–Kier alpha value is -1.24. The monoisotopic (exact) mass is 260 g/mol. The van der Waals surface area contributed by atoms with Crippen molar-refractivity contribution in [1.82, 2.24) is 4.90 Å². The third kappa shape index (κ3) is 4.64. The number of nitrogens with two attached hydrogens (primary N) is 1. The van der Waals surface area contributed by atoms with Gasteiger partial charge in [0.25, 0.3) is 0 Å². The molecule has 7 heteroatoms. The largest absolute Gasteiger partial charge is 0.481 e. The molecule has 6 nitrogen and oxygen atoms in total. The van der Waals surface area contributed by atoms with Gasteiger partial charge in [-0.25, -0.2) is 0 Å². The molecule has 0 spiro atoms. The highest BCUT2D eigenvalue weighted by Crippen LogP contribution is 2.17. The Balaban J connectivity index is 2.26. The van der Waals surface area contributed by atoms with Crippen LogP contribution in [-0.2, 0) is 14.4 Å². The Morgan fingerprint density at radius 3 is 2.29 bits per heavy atom. The number of hydrogen-bond donors (Lipinski definition) is 2. The summed E-state index contributed by atoms with van der Waals surface area (Å²) in [5.74, 6) is -1.32. The second kappa shape index (κ2) is 6.48. The number of thioether (sulfide) groups is 1. The van der Waals surface area contributed by atoms with E-state index in [1.807, 2.05) is 0 Å². The topological polar surface area (TPSA) is 101 Å². The number of nitrogens with zero attached hydrogens (tertiary/aromatic N) is 1. The van der Waals surface area contributed by atoms with Crippen molar-refractivity contribution in [2.24, 2.45) is 11.7 Å². The van der Waals surface area contributed by atoms with Crippen LogP contribution in [0.2, 0.25) is 0 Å². The van der Waals surface area contributed by atoms with Crippen molar-refractivity contribution in [1.29, 1.82) is 0 Å². The molecular weight excluding hydrogens is 244 g/mol. The molecule has 1 aliphatic heterocycles. The van der Waals surface area contributed by atoms with Gasteiger partial charge in [0.15, 0.2) is 0 Å². The molecule has 0 aliphatic carbocycles. The highest BCUT2D eigenvalue weighted by molar-refractivity contribution is 8.00. The van der Waals surface area contributed by atoms with E-state index in [0.29, 0.717) is 25.9 Å². The Labute approximate surface area is 104 Å². The number of primary amides is 1. The first kappa shape index (κ1) is 13.8. The van der Waals surface area contributed by atoms with Crippen LogP contribution in [0.3, 0.4) is 0 Å². The van der Waals surface area contributed by atoms with Crippen molar-refractivity contribution in [2.75, 3.05) is 24.6 Å². The summed E-state index contributed by atoms with van der Waals surface area (Å²) in [6.45, 7) is 1.06. The third-order valence-electron chi connectivity index (χ3n) is 2.70. The molecule has 1 rings (SSSR count). The summed E-state index contributed by atoms with van der Waals surface area (Å²) in [6.07, 6.45) is 1.20. The van der Waals surface area contributed by atoms with Crippen molar-refractivity contribution >= 4 is 29.5 Å². The number of rotatable bonds is 5. The second-order valence-electron chi connectivity index (χ2n) is 3.94. The second-order valence-corrected chi connectivity index (χ2v) is 4.93. The van der Waals surface area contributed by atoms with E-state index in [1.165, 1.54) is 0 Å². The Bertz CT molecular complexity index is 313. The molecule has 1 heterocycles. The summed E-state index contributed by atoms with van der Waals surface area (Å²) >= 11 is 1.09. The van der Waals surface area contributed by atoms with Gasteiger partial charge in [-0.2, -0.15) is 0 Å². The van der Waals surface area contributed by atoms with Gasteiger partial charge in [0.2, 0.25) is 11.8 Å². The first-order valence-electron chi connectivity index (χ1n) is 5.37. The fourth-order valence-electron chi connectivity index (χ4n) is 1.73. The predicted octanol–water partition coefficient (Wildman–Crippen LogP) is -0.472. The van der Waals surface area contributed by atoms with Gasteiger partial charge in [0.05, 0.1) is 11.5 Å². The SMILES string of the molecule is NC(=O)C1CCN(C(=O)CSCC(=O)O)CC1. The van der Waals surface area contributed by atoms with Crippen LogP contribution in [0.1, 0.15) is 12.8 Å². The number of aliphatic carboxylic acids is 1. The minimum Gasteiger partial charge on any atom is -0.481 e. The van der Waals surface area contributed by atoms with Gasteiger partial charge in [0.1, 0.15) is 0 Å². The lowest BCUT2D eigenvalue weighted by molar-refractivity contribution is -0.134. The number of carbonyl (C=O) groups is 3. The fourth-order valence-corrected chi connectivity index (χ4v) is 2.36. The lowest BCUT2D eigenvalue weighted by atomic mass is 9.96. The number of hydrogen-bond acceptors (Lipinski definition) is 4. The number of likely N-dealkylation sites (tertiary alicyclic amines) is 1. The minimum absolute atomic E-state index is 0.0660. The lowest BCUT2D eigenvalue weighted by Crippen LogP contribution is -2.42. The van der Waals surface area contributed by atoms with E-state index in [2.05, 4.69) is 0 Å². The number of carboxylic acid groups (broad SMARTS) is 1. The Kier molecular flexibility index (Phi) is 5.27. The van der Waals surface area contributed by atoms with Crippen LogP contribution in [0.25, 0.3) is 0 Å². The molecular formula is C10H16N2O4S. The maximum atomic E-state index is 11.7. The molecule has 0 saturated carbocycles. The first-order valence-corrected chi connectivity index (χ1v) is 6.53. The highest BCUT2D eigenvalue weighted by Gasteiger charge is 2.25. The van der Waals surface area contributed by atoms with Gasteiger partial charge in [-0.3, -0.25) is 14.4 Å². The van der Waals surface area contributed by atoms with Crippen LogP contribution in [0.5, 0.6) is 0 Å². The van der Waals surface area contributed by atoms with Crippen LogP contribution in [0, 0.1) is 5.92 Å². The van der Waals surface area contributed by atoms with Crippen LogP contribution in [0.4, 0.5) is 0 Å². The zero-order valence-corrected chi connectivity index (χ0v) is 10.2. The third-order valence-corrected chi connectivity index (χ3v) is 3.60. The molecule has 1 aliphatic rings. The molecule has 0 atom stereocenters. The van der Waals surface area contributed by atoms with Gasteiger partial charge in [0, 0.05) is 19.0 Å². The van der Waals surface area contributed by atoms with Crippen molar-refractivity contribution in [3.8, 4) is 0 Å². The number of piperidine rings is 1. The normalized spacial score (nSPS) is 16.8. The summed E-state index contributed by atoms with van der Waals surface area (Å²) in [5, 5.41) is 8.44. The zero-order chi connectivity index (χ0) is 12.8. The van der Waals surface area contributed by atoms with Crippen molar-refractivity contribution in [3.63, 3.8) is 0 Å². The van der Waals surface area contributed by atoms with Crippen LogP contribution < -0.4 is 5.73 Å². The molecule has 17 heavy (non-hydrogen) atoms. The van der Waals surface area contributed by atoms with Gasteiger partial charge in [-0.15, -0.1) is 11.8 Å². The van der Waals surface area contributed by atoms with E-state index in [4.69, 9.17) is 10.8 Å². The number of amides is 2. The summed E-state index contributed by atoms with van der Waals surface area (Å²) in [4.78, 5) is 34.5. The van der Waals surface area contributed by atoms with Crippen LogP contribution in [0.15, 0.2) is 0 Å². The zero-order valence-electron chi connectivity index (χ0n) is 9.42. The smallest absolute Gasteiger partial charge is 0.313 e. The quantitative estimate of drug-likeness (QED) is 0.696. The molecule has 3 N–H and O–H groups in total. The molecule has 1 saturated heterocycles. The van der Waals surface area contributed by atoms with Crippen LogP contribution in [-0.4, -0.2) is 52.4 Å². The predicted molar refractivity (Wildman–Crippen MR) is 63.5 cm³/mol. The van der Waals surface area contributed by atoms with Gasteiger partial charge < -0.3 is 15.7 Å². The molecule has 0 unspecified atom stereocenters. The molecule has 0 bridgehead atoms. The van der Waals surface area contributed by atoms with E-state index in [-0.39, 0.29) is 29.2 Å². The highest BCUT2D eigenvalue weighted by atomic mass is 32.2. The van der Waals surface area contributed by atoms with Gasteiger partial charge in [-0.05, 0) is 12.8 Å². The van der Waals surface area contributed by atoms with Crippen molar-refractivity contribution in [3.05, 3.63) is 0 Å². The number of carboxylic acids is 1. The van der Waals surface area contributed by atoms with E-state index in [1.54, 1.807) is 4.90 Å². The summed E-state index contributed by atoms with van der Waals surface area (Å²) in [6, 6.07) is 0. The molecule has 96 valence electrons. The standard InChI is InChI=1S/C10H16N2O4S/c11-10(16)7-1-3-12(4-2-7)8(13)5-17-6-9(14)15/h7H,1-6H2,(H2,11,16)(H,14,15). The summed E-state index contributed by atoms with van der Waals surface area (Å²) < 4.78 is 0. The summed E-state index contributed by atoms with van der Waals surface area (Å²) in [7, 11) is 0. The average molecular weight is 260 g/mol. The Morgan fingerprint density at radius 1 is 1.24 bits per heavy atom. The molecule has 2 amide bonds. The van der Waals surface area contributed by atoms with Crippen LogP contribution >= 0.6 is 11.8 Å². The fraction of sp³-hybridized carbons (Fsp3) is 0.700. The molecule has 0 radical (unpaired) electrons. The summed E-state index contributed by atoms with van der Waals surface area (Å²) in [5.41, 5.74) is 5.19. The number of carbonyl (C=O) groups excluding carboxylic acids is 2. The molecule has 0 aromatic carbocycles. The molecule has 0 aromatic heterocycles. The lowest BCUT2D eigenvalue weighted by Gasteiger charge is -2.30.